The molecule has 8 nitrogen and oxygen atoms in total. The van der Waals surface area contributed by atoms with Crippen LogP contribution in [-0.4, -0.2) is 54.4 Å². The zero-order valence-corrected chi connectivity index (χ0v) is 13.9. The molecule has 1 amide bonds. The van der Waals surface area contributed by atoms with Crippen LogP contribution in [0.2, 0.25) is 0 Å². The Kier molecular flexibility index (Phi) is 3.14. The van der Waals surface area contributed by atoms with E-state index in [1.165, 1.54) is 0 Å². The lowest BCUT2D eigenvalue weighted by Crippen LogP contribution is -2.50. The maximum absolute atomic E-state index is 12.9. The van der Waals surface area contributed by atoms with E-state index in [1.54, 1.807) is 12.4 Å². The van der Waals surface area contributed by atoms with Gasteiger partial charge < -0.3 is 14.0 Å². The molecule has 5 heterocycles. The average Bonchev–Trinajstić information content (AvgIpc) is 3.26. The third-order valence-electron chi connectivity index (χ3n) is 5.03. The highest BCUT2D eigenvalue weighted by atomic mass is 16.5. The summed E-state index contributed by atoms with van der Waals surface area (Å²) in [7, 11) is 0. The highest BCUT2D eigenvalue weighted by molar-refractivity contribution is 5.93. The van der Waals surface area contributed by atoms with Gasteiger partial charge in [-0.15, -0.1) is 5.10 Å². The van der Waals surface area contributed by atoms with E-state index in [9.17, 15) is 4.79 Å². The highest BCUT2D eigenvalue weighted by Crippen LogP contribution is 2.30. The maximum atomic E-state index is 12.9. The van der Waals surface area contributed by atoms with Gasteiger partial charge in [-0.3, -0.25) is 4.79 Å². The normalized spacial score (nSPS) is 22.7. The number of pyridine rings is 1. The third-order valence-corrected chi connectivity index (χ3v) is 5.03. The summed E-state index contributed by atoms with van der Waals surface area (Å²) in [5.74, 6) is -0.0490. The van der Waals surface area contributed by atoms with E-state index < -0.39 is 0 Å². The van der Waals surface area contributed by atoms with Crippen molar-refractivity contribution in [3.05, 3.63) is 47.7 Å². The Hall–Kier alpha value is -2.74. The van der Waals surface area contributed by atoms with Gasteiger partial charge in [0.25, 0.3) is 5.91 Å². The fourth-order valence-electron chi connectivity index (χ4n) is 3.73. The van der Waals surface area contributed by atoms with Crippen LogP contribution in [0.3, 0.4) is 0 Å². The molecule has 1 fully saturated rings. The summed E-state index contributed by atoms with van der Waals surface area (Å²) in [6, 6.07) is 3.94. The summed E-state index contributed by atoms with van der Waals surface area (Å²) in [6.07, 6.45) is 6.38. The van der Waals surface area contributed by atoms with E-state index in [4.69, 9.17) is 4.74 Å². The number of piperidine rings is 1. The molecule has 3 aromatic heterocycles. The van der Waals surface area contributed by atoms with Crippen molar-refractivity contribution in [1.29, 1.82) is 0 Å². The first kappa shape index (κ1) is 14.6. The lowest BCUT2D eigenvalue weighted by atomic mass is 10.00. The average molecular weight is 338 g/mol. The van der Waals surface area contributed by atoms with Crippen LogP contribution in [0, 0.1) is 6.92 Å². The third kappa shape index (κ3) is 2.32. The Morgan fingerprint density at radius 1 is 1.32 bits per heavy atom. The maximum Gasteiger partial charge on any atom is 0.274 e. The molecule has 0 spiro atoms. The molecule has 5 rings (SSSR count). The lowest BCUT2D eigenvalue weighted by Gasteiger charge is -2.40. The van der Waals surface area contributed by atoms with Crippen LogP contribution in [0.4, 0.5) is 0 Å². The molecule has 2 aliphatic rings. The van der Waals surface area contributed by atoms with Gasteiger partial charge >= 0.3 is 0 Å². The molecule has 0 unspecified atom stereocenters. The van der Waals surface area contributed by atoms with Gasteiger partial charge in [0, 0.05) is 25.5 Å². The molecule has 0 saturated carbocycles. The van der Waals surface area contributed by atoms with Crippen LogP contribution >= 0.6 is 0 Å². The number of aromatic nitrogens is 5. The quantitative estimate of drug-likeness (QED) is 0.667. The summed E-state index contributed by atoms with van der Waals surface area (Å²) < 4.78 is 9.70. The van der Waals surface area contributed by atoms with Gasteiger partial charge in [-0.2, -0.15) is 0 Å². The molecule has 2 aliphatic heterocycles. The Balaban J connectivity index is 1.42. The fourth-order valence-corrected chi connectivity index (χ4v) is 3.73. The molecule has 0 N–H and O–H groups in total. The molecule has 128 valence electrons. The Bertz CT molecular complexity index is 961. The molecule has 3 aromatic rings. The summed E-state index contributed by atoms with van der Waals surface area (Å²) in [5.41, 5.74) is 3.34. The van der Waals surface area contributed by atoms with Crippen molar-refractivity contribution in [2.24, 2.45) is 0 Å². The number of ether oxygens (including phenoxy) is 1. The smallest absolute Gasteiger partial charge is 0.274 e. The highest BCUT2D eigenvalue weighted by Gasteiger charge is 2.38. The topological polar surface area (TPSA) is 77.6 Å². The minimum Gasteiger partial charge on any atom is -0.370 e. The van der Waals surface area contributed by atoms with Crippen molar-refractivity contribution < 1.29 is 9.53 Å². The van der Waals surface area contributed by atoms with Gasteiger partial charge in [0.2, 0.25) is 0 Å². The number of amides is 1. The number of likely N-dealkylation sites (tertiary alicyclic amines) is 1. The monoisotopic (exact) mass is 338 g/mol. The molecular formula is C17H18N6O2. The molecule has 0 bridgehead atoms. The van der Waals surface area contributed by atoms with E-state index in [2.05, 4.69) is 15.3 Å². The minimum absolute atomic E-state index is 0.0169. The number of nitrogens with zero attached hydrogens (tertiary/aromatic N) is 6. The molecule has 0 radical (unpaired) electrons. The predicted molar refractivity (Wildman–Crippen MR) is 88.1 cm³/mol. The van der Waals surface area contributed by atoms with E-state index >= 15 is 0 Å². The second-order valence-electron chi connectivity index (χ2n) is 6.72. The SMILES string of the molecule is Cc1ccc2nc(C(=O)N3CC[C@H]4OCc5cnnn5[C@@H]4C3)cn2c1. The van der Waals surface area contributed by atoms with Crippen molar-refractivity contribution in [1.82, 2.24) is 29.3 Å². The Labute approximate surface area is 144 Å². The van der Waals surface area contributed by atoms with Gasteiger partial charge in [-0.25, -0.2) is 9.67 Å². The first-order chi connectivity index (χ1) is 12.2. The number of hydrogen-bond acceptors (Lipinski definition) is 5. The first-order valence-electron chi connectivity index (χ1n) is 8.44. The van der Waals surface area contributed by atoms with E-state index in [0.717, 1.165) is 23.3 Å². The molecular weight excluding hydrogens is 320 g/mol. The van der Waals surface area contributed by atoms with Crippen molar-refractivity contribution in [2.75, 3.05) is 13.1 Å². The van der Waals surface area contributed by atoms with Crippen molar-refractivity contribution in [3.63, 3.8) is 0 Å². The van der Waals surface area contributed by atoms with Crippen LogP contribution in [0.5, 0.6) is 0 Å². The zero-order valence-electron chi connectivity index (χ0n) is 13.9. The summed E-state index contributed by atoms with van der Waals surface area (Å²) >= 11 is 0. The van der Waals surface area contributed by atoms with Crippen LogP contribution in [0.25, 0.3) is 5.65 Å². The summed E-state index contributed by atoms with van der Waals surface area (Å²) in [5, 5.41) is 8.15. The zero-order chi connectivity index (χ0) is 17.0. The number of fused-ring (bicyclic) bond motifs is 4. The van der Waals surface area contributed by atoms with Crippen LogP contribution in [0.1, 0.15) is 34.2 Å². The number of hydrogen-bond donors (Lipinski definition) is 0. The minimum atomic E-state index is -0.0490. The summed E-state index contributed by atoms with van der Waals surface area (Å²) in [4.78, 5) is 19.3. The number of imidazole rings is 1. The van der Waals surface area contributed by atoms with Crippen molar-refractivity contribution in [3.8, 4) is 0 Å². The molecule has 2 atom stereocenters. The van der Waals surface area contributed by atoms with Gasteiger partial charge in [-0.1, -0.05) is 11.3 Å². The number of carbonyl (C=O) groups excluding carboxylic acids is 1. The van der Waals surface area contributed by atoms with Gasteiger partial charge in [0.15, 0.2) is 0 Å². The largest absolute Gasteiger partial charge is 0.370 e. The number of rotatable bonds is 1. The molecule has 8 heteroatoms. The number of aryl methyl sites for hydroxylation is 1. The van der Waals surface area contributed by atoms with Gasteiger partial charge in [0.05, 0.1) is 30.6 Å². The van der Waals surface area contributed by atoms with E-state index in [0.29, 0.717) is 25.4 Å². The van der Waals surface area contributed by atoms with Crippen LogP contribution < -0.4 is 0 Å². The first-order valence-corrected chi connectivity index (χ1v) is 8.44. The molecule has 25 heavy (non-hydrogen) atoms. The Morgan fingerprint density at radius 2 is 2.24 bits per heavy atom. The number of carbonyl (C=O) groups is 1. The molecule has 0 aromatic carbocycles. The summed E-state index contributed by atoms with van der Waals surface area (Å²) in [6.45, 7) is 3.78. The lowest BCUT2D eigenvalue weighted by molar-refractivity contribution is -0.0605. The van der Waals surface area contributed by atoms with Crippen LogP contribution in [0.15, 0.2) is 30.7 Å². The van der Waals surface area contributed by atoms with E-state index in [1.807, 2.05) is 39.2 Å². The Morgan fingerprint density at radius 3 is 3.16 bits per heavy atom. The second-order valence-corrected chi connectivity index (χ2v) is 6.72. The van der Waals surface area contributed by atoms with Crippen molar-refractivity contribution in [2.45, 2.75) is 32.1 Å². The van der Waals surface area contributed by atoms with E-state index in [-0.39, 0.29) is 18.1 Å². The second kappa shape index (κ2) is 5.38. The van der Waals surface area contributed by atoms with Crippen molar-refractivity contribution >= 4 is 11.6 Å². The fraction of sp³-hybridized carbons (Fsp3) is 0.412. The van der Waals surface area contributed by atoms with Gasteiger partial charge in [0.1, 0.15) is 11.3 Å². The van der Waals surface area contributed by atoms with Gasteiger partial charge in [-0.05, 0) is 25.0 Å². The standard InChI is InChI=1S/C17H18N6O2/c1-11-2-3-16-19-13(8-22(16)7-11)17(24)21-5-4-15-14(9-21)23-12(10-25-15)6-18-20-23/h2-3,6-8,14-15H,4-5,9-10H2,1H3/t14-,15-/m1/s1. The predicted octanol–water partition coefficient (Wildman–Crippen LogP) is 1.22. The molecule has 1 saturated heterocycles. The molecule has 0 aliphatic carbocycles. The van der Waals surface area contributed by atoms with Crippen LogP contribution in [-0.2, 0) is 11.3 Å².